The molecule has 0 bridgehead atoms. The zero-order valence-electron chi connectivity index (χ0n) is 12.3. The highest BCUT2D eigenvalue weighted by Gasteiger charge is 2.32. The van der Waals surface area contributed by atoms with Gasteiger partial charge in [-0.25, -0.2) is 4.79 Å². The largest absolute Gasteiger partial charge is 0.480 e. The molecule has 0 unspecified atom stereocenters. The molecular formula is C14H14F3N3O4. The number of rotatable bonds is 4. The second kappa shape index (κ2) is 6.77. The van der Waals surface area contributed by atoms with Gasteiger partial charge in [-0.15, -0.1) is 0 Å². The number of alkyl halides is 3. The van der Waals surface area contributed by atoms with Gasteiger partial charge in [-0.1, -0.05) is 0 Å². The third kappa shape index (κ3) is 4.15. The molecule has 130 valence electrons. The van der Waals surface area contributed by atoms with Crippen LogP contribution in [0, 0.1) is 0 Å². The Bertz CT molecular complexity index is 672. The number of carbonyl (C=O) groups is 3. The van der Waals surface area contributed by atoms with Crippen molar-refractivity contribution in [2.24, 2.45) is 0 Å². The maximum atomic E-state index is 12.8. The van der Waals surface area contributed by atoms with Crippen LogP contribution in [0.5, 0.6) is 0 Å². The summed E-state index contributed by atoms with van der Waals surface area (Å²) in [5, 5.41) is 12.9. The Morgan fingerprint density at radius 2 is 1.88 bits per heavy atom. The van der Waals surface area contributed by atoms with Crippen LogP contribution in [0.25, 0.3) is 0 Å². The van der Waals surface area contributed by atoms with Crippen LogP contribution in [-0.2, 0) is 11.0 Å². The third-order valence-corrected chi connectivity index (χ3v) is 3.38. The minimum absolute atomic E-state index is 0.122. The Morgan fingerprint density at radius 1 is 1.21 bits per heavy atom. The van der Waals surface area contributed by atoms with Crippen molar-refractivity contribution in [3.8, 4) is 0 Å². The minimum atomic E-state index is -4.68. The molecule has 10 heteroatoms. The maximum absolute atomic E-state index is 12.8. The van der Waals surface area contributed by atoms with Crippen LogP contribution < -0.4 is 10.6 Å². The summed E-state index contributed by atoms with van der Waals surface area (Å²) in [5.74, 6) is -2.37. The fraction of sp³-hybridized carbons (Fsp3) is 0.357. The van der Waals surface area contributed by atoms with Gasteiger partial charge in [-0.2, -0.15) is 13.2 Å². The first-order valence-electron chi connectivity index (χ1n) is 6.95. The summed E-state index contributed by atoms with van der Waals surface area (Å²) in [5.41, 5.74) is -1.66. The SMILES string of the molecule is O=C(O)CNC(=O)c1cc(C(F)(F)F)ccc1NC(=O)N1CCC1. The Hall–Kier alpha value is -2.78. The number of amides is 3. The number of hydrogen-bond donors (Lipinski definition) is 3. The van der Waals surface area contributed by atoms with E-state index < -0.39 is 41.8 Å². The lowest BCUT2D eigenvalue weighted by atomic mass is 10.1. The Labute approximate surface area is 134 Å². The van der Waals surface area contributed by atoms with Gasteiger partial charge in [-0.3, -0.25) is 9.59 Å². The molecule has 1 aromatic carbocycles. The van der Waals surface area contributed by atoms with Crippen LogP contribution in [0.15, 0.2) is 18.2 Å². The average molecular weight is 345 g/mol. The molecule has 1 aromatic rings. The first kappa shape index (κ1) is 17.6. The second-order valence-electron chi connectivity index (χ2n) is 5.11. The quantitative estimate of drug-likeness (QED) is 0.774. The molecule has 1 fully saturated rings. The van der Waals surface area contributed by atoms with E-state index in [1.807, 2.05) is 5.32 Å². The molecule has 3 amide bonds. The van der Waals surface area contributed by atoms with Crippen molar-refractivity contribution in [1.29, 1.82) is 0 Å². The molecule has 0 spiro atoms. The van der Waals surface area contributed by atoms with Crippen molar-refractivity contribution in [2.75, 3.05) is 25.0 Å². The zero-order valence-corrected chi connectivity index (χ0v) is 12.3. The van der Waals surface area contributed by atoms with Gasteiger partial charge in [0.2, 0.25) is 0 Å². The molecule has 0 aromatic heterocycles. The molecule has 1 heterocycles. The number of carbonyl (C=O) groups excluding carboxylic acids is 2. The van der Waals surface area contributed by atoms with E-state index in [9.17, 15) is 27.6 Å². The number of anilines is 1. The summed E-state index contributed by atoms with van der Waals surface area (Å²) in [6.45, 7) is 0.286. The molecular weight excluding hydrogens is 331 g/mol. The van der Waals surface area contributed by atoms with Gasteiger partial charge in [0.15, 0.2) is 0 Å². The highest BCUT2D eigenvalue weighted by atomic mass is 19.4. The van der Waals surface area contributed by atoms with Gasteiger partial charge in [-0.05, 0) is 24.6 Å². The van der Waals surface area contributed by atoms with Crippen LogP contribution in [0.1, 0.15) is 22.3 Å². The fourth-order valence-electron chi connectivity index (χ4n) is 1.98. The Kier molecular flexibility index (Phi) is 4.96. The van der Waals surface area contributed by atoms with E-state index >= 15 is 0 Å². The van der Waals surface area contributed by atoms with E-state index in [4.69, 9.17) is 5.11 Å². The predicted molar refractivity (Wildman–Crippen MR) is 76.6 cm³/mol. The van der Waals surface area contributed by atoms with Crippen molar-refractivity contribution in [2.45, 2.75) is 12.6 Å². The lowest BCUT2D eigenvalue weighted by Crippen LogP contribution is -2.44. The smallest absolute Gasteiger partial charge is 0.416 e. The number of likely N-dealkylation sites (tertiary alicyclic amines) is 1. The maximum Gasteiger partial charge on any atom is 0.416 e. The zero-order chi connectivity index (χ0) is 17.9. The molecule has 3 N–H and O–H groups in total. The molecule has 2 rings (SSSR count). The van der Waals surface area contributed by atoms with E-state index in [-0.39, 0.29) is 5.69 Å². The summed E-state index contributed by atoms with van der Waals surface area (Å²) >= 11 is 0. The standard InChI is InChI=1S/C14H14F3N3O4/c15-14(16,17)8-2-3-10(19-13(24)20-4-1-5-20)9(6-8)12(23)18-7-11(21)22/h2-3,6H,1,4-5,7H2,(H,18,23)(H,19,24)(H,21,22). The van der Waals surface area contributed by atoms with Gasteiger partial charge in [0.05, 0.1) is 16.8 Å². The molecule has 0 saturated carbocycles. The van der Waals surface area contributed by atoms with Gasteiger partial charge in [0.1, 0.15) is 6.54 Å². The molecule has 1 aliphatic rings. The number of urea groups is 1. The number of nitrogens with one attached hydrogen (secondary N) is 2. The highest BCUT2D eigenvalue weighted by molar-refractivity contribution is 6.04. The van der Waals surface area contributed by atoms with Crippen molar-refractivity contribution >= 4 is 23.6 Å². The lowest BCUT2D eigenvalue weighted by Gasteiger charge is -2.31. The number of halogens is 3. The van der Waals surface area contributed by atoms with Crippen molar-refractivity contribution in [3.63, 3.8) is 0 Å². The summed E-state index contributed by atoms with van der Waals surface area (Å²) in [6.07, 6.45) is -3.85. The second-order valence-corrected chi connectivity index (χ2v) is 5.11. The molecule has 0 radical (unpaired) electrons. The molecule has 0 aliphatic carbocycles. The van der Waals surface area contributed by atoms with Crippen molar-refractivity contribution in [3.05, 3.63) is 29.3 Å². The van der Waals surface area contributed by atoms with Crippen LogP contribution in [0.2, 0.25) is 0 Å². The number of carboxylic acid groups (broad SMARTS) is 1. The van der Waals surface area contributed by atoms with Crippen LogP contribution in [0.3, 0.4) is 0 Å². The lowest BCUT2D eigenvalue weighted by molar-refractivity contribution is -0.138. The highest BCUT2D eigenvalue weighted by Crippen LogP contribution is 2.32. The normalized spacial score (nSPS) is 13.9. The number of carboxylic acids is 1. The van der Waals surface area contributed by atoms with Crippen LogP contribution in [-0.4, -0.2) is 47.5 Å². The van der Waals surface area contributed by atoms with Gasteiger partial charge in [0.25, 0.3) is 5.91 Å². The summed E-state index contributed by atoms with van der Waals surface area (Å²) in [4.78, 5) is 35.8. The number of aliphatic carboxylic acids is 1. The molecule has 0 atom stereocenters. The van der Waals surface area contributed by atoms with Crippen molar-refractivity contribution in [1.82, 2.24) is 10.2 Å². The third-order valence-electron chi connectivity index (χ3n) is 3.38. The summed E-state index contributed by atoms with van der Waals surface area (Å²) < 4.78 is 38.4. The number of nitrogens with zero attached hydrogens (tertiary/aromatic N) is 1. The minimum Gasteiger partial charge on any atom is -0.480 e. The van der Waals surface area contributed by atoms with Gasteiger partial charge < -0.3 is 20.6 Å². The number of benzene rings is 1. The van der Waals surface area contributed by atoms with Crippen molar-refractivity contribution < 1.29 is 32.7 Å². The van der Waals surface area contributed by atoms with E-state index in [0.29, 0.717) is 19.2 Å². The van der Waals surface area contributed by atoms with Crippen LogP contribution >= 0.6 is 0 Å². The summed E-state index contributed by atoms with van der Waals surface area (Å²) in [7, 11) is 0. The van der Waals surface area contributed by atoms with Gasteiger partial charge >= 0.3 is 18.2 Å². The molecule has 7 nitrogen and oxygen atoms in total. The Balaban J connectivity index is 2.28. The van der Waals surface area contributed by atoms with E-state index in [1.165, 1.54) is 4.90 Å². The van der Waals surface area contributed by atoms with E-state index in [2.05, 4.69) is 5.32 Å². The first-order chi connectivity index (χ1) is 11.2. The van der Waals surface area contributed by atoms with Gasteiger partial charge in [0, 0.05) is 13.1 Å². The van der Waals surface area contributed by atoms with E-state index in [1.54, 1.807) is 0 Å². The molecule has 1 saturated heterocycles. The first-order valence-corrected chi connectivity index (χ1v) is 6.95. The number of hydrogen-bond acceptors (Lipinski definition) is 3. The molecule has 24 heavy (non-hydrogen) atoms. The molecule has 1 aliphatic heterocycles. The average Bonchev–Trinajstić information content (AvgIpc) is 2.41. The van der Waals surface area contributed by atoms with E-state index in [0.717, 1.165) is 18.6 Å². The predicted octanol–water partition coefficient (Wildman–Crippen LogP) is 1.76. The Morgan fingerprint density at radius 3 is 2.38 bits per heavy atom. The topological polar surface area (TPSA) is 98.7 Å². The summed E-state index contributed by atoms with van der Waals surface area (Å²) in [6, 6.07) is 1.74. The fourth-order valence-corrected chi connectivity index (χ4v) is 1.98. The monoisotopic (exact) mass is 345 g/mol. The van der Waals surface area contributed by atoms with Crippen LogP contribution in [0.4, 0.5) is 23.7 Å².